The third-order valence-corrected chi connectivity index (χ3v) is 3.37. The van der Waals surface area contributed by atoms with Crippen LogP contribution in [0.25, 0.3) is 10.9 Å². The van der Waals surface area contributed by atoms with Gasteiger partial charge in [0.25, 0.3) is 0 Å². The molecule has 1 aromatic carbocycles. The van der Waals surface area contributed by atoms with Crippen LogP contribution in [0.3, 0.4) is 0 Å². The van der Waals surface area contributed by atoms with E-state index in [1.54, 1.807) is 12.1 Å². The molecule has 2 aromatic rings. The Morgan fingerprint density at radius 1 is 1.14 bits per heavy atom. The average Bonchev–Trinajstić information content (AvgIpc) is 2.35. The summed E-state index contributed by atoms with van der Waals surface area (Å²) in [6, 6.07) is 5.58. The number of fused-ring (bicyclic) bond motifs is 1. The molecule has 120 valence electrons. The van der Waals surface area contributed by atoms with E-state index in [-0.39, 0.29) is 16.7 Å². The van der Waals surface area contributed by atoms with E-state index >= 15 is 0 Å². The van der Waals surface area contributed by atoms with Crippen molar-refractivity contribution in [2.45, 2.75) is 33.4 Å². The molecule has 2 rings (SSSR count). The Kier molecular flexibility index (Phi) is 4.57. The SMILES string of the molecule is CC(C)(C)CCOc1cc(C(F)(F)F)nc2cc(Cl)ccc12. The van der Waals surface area contributed by atoms with Gasteiger partial charge >= 0.3 is 6.18 Å². The fourth-order valence-electron chi connectivity index (χ4n) is 1.90. The predicted molar refractivity (Wildman–Crippen MR) is 81.3 cm³/mol. The highest BCUT2D eigenvalue weighted by Gasteiger charge is 2.33. The van der Waals surface area contributed by atoms with Crippen LogP contribution >= 0.6 is 11.6 Å². The van der Waals surface area contributed by atoms with Crippen molar-refractivity contribution in [1.82, 2.24) is 4.98 Å². The molecule has 0 aliphatic rings. The molecular formula is C16H17ClF3NO. The van der Waals surface area contributed by atoms with Gasteiger partial charge in [-0.25, -0.2) is 4.98 Å². The van der Waals surface area contributed by atoms with E-state index in [1.165, 1.54) is 6.07 Å². The molecule has 22 heavy (non-hydrogen) atoms. The third-order valence-electron chi connectivity index (χ3n) is 3.13. The molecule has 1 aromatic heterocycles. The highest BCUT2D eigenvalue weighted by molar-refractivity contribution is 6.31. The normalized spacial score (nSPS) is 12.7. The lowest BCUT2D eigenvalue weighted by Gasteiger charge is -2.19. The number of aromatic nitrogens is 1. The van der Waals surface area contributed by atoms with Crippen LogP contribution in [-0.4, -0.2) is 11.6 Å². The first kappa shape index (κ1) is 16.9. The molecule has 0 aliphatic carbocycles. The Morgan fingerprint density at radius 3 is 2.41 bits per heavy atom. The summed E-state index contributed by atoms with van der Waals surface area (Å²) in [6.45, 7) is 6.47. The number of pyridine rings is 1. The van der Waals surface area contributed by atoms with Gasteiger partial charge in [0.05, 0.1) is 12.1 Å². The fourth-order valence-corrected chi connectivity index (χ4v) is 2.07. The summed E-state index contributed by atoms with van der Waals surface area (Å²) in [5, 5.41) is 0.853. The quantitative estimate of drug-likeness (QED) is 0.717. The molecule has 1 heterocycles. The summed E-state index contributed by atoms with van der Waals surface area (Å²) in [7, 11) is 0. The number of halogens is 4. The zero-order valence-electron chi connectivity index (χ0n) is 12.6. The van der Waals surface area contributed by atoms with Gasteiger partial charge in [0, 0.05) is 16.5 Å². The second-order valence-corrected chi connectivity index (χ2v) is 6.76. The van der Waals surface area contributed by atoms with Gasteiger partial charge in [0.1, 0.15) is 11.4 Å². The van der Waals surface area contributed by atoms with Crippen molar-refractivity contribution in [2.75, 3.05) is 6.61 Å². The van der Waals surface area contributed by atoms with E-state index in [1.807, 2.05) is 20.8 Å². The Morgan fingerprint density at radius 2 is 1.82 bits per heavy atom. The van der Waals surface area contributed by atoms with E-state index in [0.29, 0.717) is 17.0 Å². The smallest absolute Gasteiger partial charge is 0.433 e. The van der Waals surface area contributed by atoms with Crippen LogP contribution in [0.1, 0.15) is 32.9 Å². The second-order valence-electron chi connectivity index (χ2n) is 6.32. The van der Waals surface area contributed by atoms with Gasteiger partial charge in [-0.05, 0) is 30.0 Å². The van der Waals surface area contributed by atoms with Crippen LogP contribution < -0.4 is 4.74 Å². The standard InChI is InChI=1S/C16H17ClF3NO/c1-15(2,3)6-7-22-13-9-14(16(18,19)20)21-12-8-10(17)4-5-11(12)13/h4-5,8-9H,6-7H2,1-3H3. The minimum Gasteiger partial charge on any atom is -0.493 e. The van der Waals surface area contributed by atoms with E-state index in [2.05, 4.69) is 4.98 Å². The van der Waals surface area contributed by atoms with Crippen molar-refractivity contribution in [2.24, 2.45) is 5.41 Å². The third kappa shape index (κ3) is 4.26. The van der Waals surface area contributed by atoms with Crippen LogP contribution in [-0.2, 0) is 6.18 Å². The average molecular weight is 332 g/mol. The maximum absolute atomic E-state index is 13.0. The predicted octanol–water partition coefficient (Wildman–Crippen LogP) is 5.72. The first-order chi connectivity index (χ1) is 10.1. The van der Waals surface area contributed by atoms with E-state index in [9.17, 15) is 13.2 Å². The highest BCUT2D eigenvalue weighted by Crippen LogP contribution is 2.35. The molecule has 0 saturated heterocycles. The first-order valence-electron chi connectivity index (χ1n) is 6.86. The first-order valence-corrected chi connectivity index (χ1v) is 7.24. The summed E-state index contributed by atoms with van der Waals surface area (Å²) < 4.78 is 44.5. The van der Waals surface area contributed by atoms with E-state index in [0.717, 1.165) is 12.5 Å². The molecule has 0 amide bonds. The fraction of sp³-hybridized carbons (Fsp3) is 0.438. The number of benzene rings is 1. The van der Waals surface area contributed by atoms with Crippen molar-refractivity contribution < 1.29 is 17.9 Å². The molecule has 0 aliphatic heterocycles. The molecule has 2 nitrogen and oxygen atoms in total. The molecule has 0 atom stereocenters. The zero-order valence-corrected chi connectivity index (χ0v) is 13.3. The topological polar surface area (TPSA) is 22.1 Å². The van der Waals surface area contributed by atoms with Crippen molar-refractivity contribution in [3.8, 4) is 5.75 Å². The minimum absolute atomic E-state index is 0.0407. The van der Waals surface area contributed by atoms with Crippen molar-refractivity contribution in [1.29, 1.82) is 0 Å². The molecular weight excluding hydrogens is 315 g/mol. The van der Waals surface area contributed by atoms with E-state index < -0.39 is 11.9 Å². The molecule has 0 spiro atoms. The van der Waals surface area contributed by atoms with Gasteiger partial charge in [-0.3, -0.25) is 0 Å². The lowest BCUT2D eigenvalue weighted by atomic mass is 9.93. The molecule has 0 bridgehead atoms. The maximum Gasteiger partial charge on any atom is 0.433 e. The summed E-state index contributed by atoms with van der Waals surface area (Å²) in [6.07, 6.45) is -3.80. The number of ether oxygens (including phenoxy) is 1. The Hall–Kier alpha value is -1.49. The molecule has 0 N–H and O–H groups in total. The zero-order chi connectivity index (χ0) is 16.5. The van der Waals surface area contributed by atoms with Crippen LogP contribution in [0.2, 0.25) is 5.02 Å². The molecule has 0 saturated carbocycles. The number of alkyl halides is 3. The van der Waals surface area contributed by atoms with E-state index in [4.69, 9.17) is 16.3 Å². The largest absolute Gasteiger partial charge is 0.493 e. The molecule has 0 fully saturated rings. The highest BCUT2D eigenvalue weighted by atomic mass is 35.5. The van der Waals surface area contributed by atoms with Gasteiger partial charge in [-0.1, -0.05) is 32.4 Å². The monoisotopic (exact) mass is 331 g/mol. The summed E-state index contributed by atoms with van der Waals surface area (Å²) in [5.74, 6) is 0.179. The number of hydrogen-bond acceptors (Lipinski definition) is 2. The van der Waals surface area contributed by atoms with Crippen molar-refractivity contribution in [3.05, 3.63) is 35.0 Å². The number of hydrogen-bond donors (Lipinski definition) is 0. The van der Waals surface area contributed by atoms with Gasteiger partial charge in [-0.2, -0.15) is 13.2 Å². The molecule has 0 radical (unpaired) electrons. The van der Waals surface area contributed by atoms with Crippen molar-refractivity contribution in [3.63, 3.8) is 0 Å². The van der Waals surface area contributed by atoms with Crippen LogP contribution in [0, 0.1) is 5.41 Å². The maximum atomic E-state index is 13.0. The van der Waals surface area contributed by atoms with Crippen molar-refractivity contribution >= 4 is 22.5 Å². The number of nitrogens with zero attached hydrogens (tertiary/aromatic N) is 1. The lowest BCUT2D eigenvalue weighted by Crippen LogP contribution is -2.13. The van der Waals surface area contributed by atoms with Gasteiger partial charge in [-0.15, -0.1) is 0 Å². The summed E-state index contributed by atoms with van der Waals surface area (Å²) in [5.41, 5.74) is -0.764. The molecule has 6 heteroatoms. The molecule has 0 unspecified atom stereocenters. The van der Waals surface area contributed by atoms with Crippen LogP contribution in [0.15, 0.2) is 24.3 Å². The Balaban J connectivity index is 2.41. The Labute approximate surface area is 132 Å². The minimum atomic E-state index is -4.53. The van der Waals surface area contributed by atoms with Gasteiger partial charge < -0.3 is 4.74 Å². The summed E-state index contributed by atoms with van der Waals surface area (Å²) in [4.78, 5) is 3.64. The Bertz CT molecular complexity index is 677. The lowest BCUT2D eigenvalue weighted by molar-refractivity contribution is -0.141. The van der Waals surface area contributed by atoms with Crippen LogP contribution in [0.5, 0.6) is 5.75 Å². The van der Waals surface area contributed by atoms with Gasteiger partial charge in [0.15, 0.2) is 0 Å². The number of rotatable bonds is 3. The van der Waals surface area contributed by atoms with Crippen LogP contribution in [0.4, 0.5) is 13.2 Å². The summed E-state index contributed by atoms with van der Waals surface area (Å²) >= 11 is 5.84. The van der Waals surface area contributed by atoms with Gasteiger partial charge in [0.2, 0.25) is 0 Å². The second kappa shape index (κ2) is 5.95.